The summed E-state index contributed by atoms with van der Waals surface area (Å²) in [6, 6.07) is 11.1. The zero-order valence-corrected chi connectivity index (χ0v) is 17.6. The van der Waals surface area contributed by atoms with Crippen LogP contribution in [0.25, 0.3) is 0 Å². The van der Waals surface area contributed by atoms with Crippen LogP contribution in [0.1, 0.15) is 24.2 Å². The van der Waals surface area contributed by atoms with E-state index in [0.29, 0.717) is 32.6 Å². The van der Waals surface area contributed by atoms with E-state index in [2.05, 4.69) is 10.6 Å². The molecule has 0 fully saturated rings. The first-order valence-electron chi connectivity index (χ1n) is 9.08. The highest BCUT2D eigenvalue weighted by Crippen LogP contribution is 2.27. The standard InChI is InChI=1S/C21H24ClN3O4/c1-13(21(28)23-17-8-5-15(6-9-17)14(2)26)25(3)12-20(27)24-18-11-16(22)7-10-19(18)29-4/h5-11,13H,12H2,1-4H3,(H,23,28)(H,24,27)/p+1/t13-/m0/s1. The molecular weight excluding hydrogens is 394 g/mol. The fourth-order valence-corrected chi connectivity index (χ4v) is 2.81. The number of nitrogens with one attached hydrogen (secondary N) is 3. The van der Waals surface area contributed by atoms with E-state index < -0.39 is 6.04 Å². The number of hydrogen-bond donors (Lipinski definition) is 3. The van der Waals surface area contributed by atoms with Crippen molar-refractivity contribution in [3.05, 3.63) is 53.1 Å². The molecule has 0 aromatic heterocycles. The lowest BCUT2D eigenvalue weighted by atomic mass is 10.1. The number of hydrogen-bond acceptors (Lipinski definition) is 4. The van der Waals surface area contributed by atoms with Crippen LogP contribution in [0.2, 0.25) is 5.02 Å². The Kier molecular flexibility index (Phi) is 7.75. The Bertz CT molecular complexity index is 899. The van der Waals surface area contributed by atoms with Gasteiger partial charge in [0, 0.05) is 16.3 Å². The van der Waals surface area contributed by atoms with Gasteiger partial charge in [0.25, 0.3) is 11.8 Å². The highest BCUT2D eigenvalue weighted by Gasteiger charge is 2.24. The van der Waals surface area contributed by atoms with Gasteiger partial charge in [0.2, 0.25) is 0 Å². The van der Waals surface area contributed by atoms with Crippen molar-refractivity contribution in [2.45, 2.75) is 19.9 Å². The lowest BCUT2D eigenvalue weighted by Gasteiger charge is -2.21. The van der Waals surface area contributed by atoms with Gasteiger partial charge >= 0.3 is 0 Å². The summed E-state index contributed by atoms with van der Waals surface area (Å²) in [7, 11) is 3.27. The molecule has 0 saturated heterocycles. The SMILES string of the molecule is COc1ccc(Cl)cc1NC(=O)C[NH+](C)[C@@H](C)C(=O)Nc1ccc(C(C)=O)cc1. The fraction of sp³-hybridized carbons (Fsp3) is 0.286. The molecule has 7 nitrogen and oxygen atoms in total. The monoisotopic (exact) mass is 418 g/mol. The van der Waals surface area contributed by atoms with Crippen LogP contribution in [0.5, 0.6) is 5.75 Å². The van der Waals surface area contributed by atoms with E-state index in [1.165, 1.54) is 14.0 Å². The second-order valence-corrected chi connectivity index (χ2v) is 7.20. The second-order valence-electron chi connectivity index (χ2n) is 6.76. The number of Topliss-reactive ketones (excluding diaryl/α,β-unsaturated/α-hetero) is 1. The molecule has 2 aromatic rings. The number of likely N-dealkylation sites (N-methyl/N-ethyl adjacent to an activating group) is 1. The Morgan fingerprint density at radius 3 is 2.34 bits per heavy atom. The van der Waals surface area contributed by atoms with Crippen molar-refractivity contribution in [1.82, 2.24) is 0 Å². The average molecular weight is 419 g/mol. The lowest BCUT2D eigenvalue weighted by Crippen LogP contribution is -3.14. The Hall–Kier alpha value is -2.90. The van der Waals surface area contributed by atoms with E-state index in [9.17, 15) is 14.4 Å². The zero-order valence-electron chi connectivity index (χ0n) is 16.8. The highest BCUT2D eigenvalue weighted by molar-refractivity contribution is 6.31. The minimum absolute atomic E-state index is 0.0391. The maximum atomic E-state index is 12.5. The quantitative estimate of drug-likeness (QED) is 0.572. The Morgan fingerprint density at radius 1 is 1.10 bits per heavy atom. The Morgan fingerprint density at radius 2 is 1.76 bits per heavy atom. The third-order valence-electron chi connectivity index (χ3n) is 4.57. The van der Waals surface area contributed by atoms with Gasteiger partial charge in [-0.05, 0) is 56.3 Å². The van der Waals surface area contributed by atoms with Crippen LogP contribution in [-0.4, -0.2) is 44.3 Å². The molecule has 29 heavy (non-hydrogen) atoms. The van der Waals surface area contributed by atoms with Gasteiger partial charge in [0.1, 0.15) is 5.75 Å². The van der Waals surface area contributed by atoms with Crippen molar-refractivity contribution in [3.8, 4) is 5.75 Å². The van der Waals surface area contributed by atoms with E-state index in [4.69, 9.17) is 16.3 Å². The molecule has 0 bridgehead atoms. The summed E-state index contributed by atoms with van der Waals surface area (Å²) in [5.74, 6) is -0.0392. The molecule has 0 aliphatic heterocycles. The molecule has 8 heteroatoms. The molecule has 0 saturated carbocycles. The highest BCUT2D eigenvalue weighted by atomic mass is 35.5. The number of ketones is 1. The predicted molar refractivity (Wildman–Crippen MR) is 113 cm³/mol. The van der Waals surface area contributed by atoms with E-state index in [1.807, 2.05) is 0 Å². The maximum absolute atomic E-state index is 12.5. The zero-order chi connectivity index (χ0) is 21.6. The van der Waals surface area contributed by atoms with Crippen LogP contribution in [0.15, 0.2) is 42.5 Å². The number of anilines is 2. The third-order valence-corrected chi connectivity index (χ3v) is 4.80. The van der Waals surface area contributed by atoms with Crippen molar-refractivity contribution in [2.24, 2.45) is 0 Å². The van der Waals surface area contributed by atoms with Gasteiger partial charge in [-0.3, -0.25) is 14.4 Å². The fourth-order valence-electron chi connectivity index (χ4n) is 2.64. The van der Waals surface area contributed by atoms with Crippen molar-refractivity contribution in [1.29, 1.82) is 0 Å². The molecule has 154 valence electrons. The van der Waals surface area contributed by atoms with E-state index in [-0.39, 0.29) is 24.1 Å². The number of quaternary nitrogens is 1. The van der Waals surface area contributed by atoms with Crippen LogP contribution in [0.4, 0.5) is 11.4 Å². The molecule has 0 aliphatic carbocycles. The molecule has 0 spiro atoms. The van der Waals surface area contributed by atoms with Crippen LogP contribution >= 0.6 is 11.6 Å². The van der Waals surface area contributed by atoms with Crippen molar-refractivity contribution >= 4 is 40.6 Å². The molecule has 2 aromatic carbocycles. The first-order chi connectivity index (χ1) is 13.7. The predicted octanol–water partition coefficient (Wildman–Crippen LogP) is 2.03. The number of amides is 2. The topological polar surface area (TPSA) is 88.9 Å². The van der Waals surface area contributed by atoms with Gasteiger partial charge in [0.05, 0.1) is 19.8 Å². The maximum Gasteiger partial charge on any atom is 0.282 e. The molecule has 0 radical (unpaired) electrons. The van der Waals surface area contributed by atoms with Crippen LogP contribution < -0.4 is 20.3 Å². The minimum atomic E-state index is -0.477. The summed E-state index contributed by atoms with van der Waals surface area (Å²) in [5, 5.41) is 6.03. The van der Waals surface area contributed by atoms with E-state index >= 15 is 0 Å². The molecule has 1 unspecified atom stereocenters. The molecule has 2 amide bonds. The van der Waals surface area contributed by atoms with Crippen LogP contribution in [0.3, 0.4) is 0 Å². The van der Waals surface area contributed by atoms with Gasteiger partial charge < -0.3 is 20.3 Å². The van der Waals surface area contributed by atoms with Gasteiger partial charge in [-0.2, -0.15) is 0 Å². The number of carbonyl (C=O) groups is 3. The molecule has 3 N–H and O–H groups in total. The smallest absolute Gasteiger partial charge is 0.282 e. The summed E-state index contributed by atoms with van der Waals surface area (Å²) in [6.45, 7) is 3.30. The first kappa shape index (κ1) is 22.4. The molecule has 2 rings (SSSR count). The lowest BCUT2D eigenvalue weighted by molar-refractivity contribution is -0.885. The summed E-state index contributed by atoms with van der Waals surface area (Å²) < 4.78 is 5.22. The number of rotatable bonds is 8. The van der Waals surface area contributed by atoms with Crippen molar-refractivity contribution < 1.29 is 24.0 Å². The van der Waals surface area contributed by atoms with Crippen LogP contribution in [0, 0.1) is 0 Å². The molecular formula is C21H25ClN3O4+. The summed E-state index contributed by atoms with van der Waals surface area (Å²) >= 11 is 5.98. The number of benzene rings is 2. The van der Waals surface area contributed by atoms with Gasteiger partial charge in [-0.25, -0.2) is 0 Å². The van der Waals surface area contributed by atoms with E-state index in [0.717, 1.165) is 0 Å². The molecule has 0 heterocycles. The number of halogens is 1. The minimum Gasteiger partial charge on any atom is -0.495 e. The number of ether oxygens (including phenoxy) is 1. The summed E-state index contributed by atoms with van der Waals surface area (Å²) in [5.41, 5.74) is 1.64. The normalized spacial score (nSPS) is 12.6. The Balaban J connectivity index is 1.94. The van der Waals surface area contributed by atoms with Gasteiger partial charge in [-0.1, -0.05) is 11.6 Å². The molecule has 0 aliphatic rings. The van der Waals surface area contributed by atoms with Gasteiger partial charge in [0.15, 0.2) is 18.4 Å². The largest absolute Gasteiger partial charge is 0.495 e. The second kappa shape index (κ2) is 10.0. The third kappa shape index (κ3) is 6.30. The summed E-state index contributed by atoms with van der Waals surface area (Å²) in [6.07, 6.45) is 0. The summed E-state index contributed by atoms with van der Waals surface area (Å²) in [4.78, 5) is 36.9. The van der Waals surface area contributed by atoms with Crippen LogP contribution in [-0.2, 0) is 9.59 Å². The van der Waals surface area contributed by atoms with Crippen molar-refractivity contribution in [2.75, 3.05) is 31.3 Å². The number of carbonyl (C=O) groups excluding carboxylic acids is 3. The first-order valence-corrected chi connectivity index (χ1v) is 9.46. The van der Waals surface area contributed by atoms with Crippen molar-refractivity contribution in [3.63, 3.8) is 0 Å². The van der Waals surface area contributed by atoms with Gasteiger partial charge in [-0.15, -0.1) is 0 Å². The Labute approximate surface area is 175 Å². The number of methoxy groups -OCH3 is 1. The average Bonchev–Trinajstić information content (AvgIpc) is 2.67. The van der Waals surface area contributed by atoms with E-state index in [1.54, 1.807) is 56.4 Å². The molecule has 2 atom stereocenters.